The number of hydrogen-bond donors (Lipinski definition) is 0. The van der Waals surface area contributed by atoms with Gasteiger partial charge in [-0.2, -0.15) is 0 Å². The molecule has 28 heavy (non-hydrogen) atoms. The predicted molar refractivity (Wildman–Crippen MR) is 117 cm³/mol. The molecular weight excluding hydrogens is 348 g/mol. The van der Waals surface area contributed by atoms with Gasteiger partial charge in [0.15, 0.2) is 0 Å². The first kappa shape index (κ1) is 20.3. The highest BCUT2D eigenvalue weighted by molar-refractivity contribution is 6.13. The Morgan fingerprint density at radius 1 is 1.00 bits per heavy atom. The Kier molecular flexibility index (Phi) is 6.04. The summed E-state index contributed by atoms with van der Waals surface area (Å²) >= 11 is 0. The van der Waals surface area contributed by atoms with Gasteiger partial charge in [0, 0.05) is 37.9 Å². The Bertz CT molecular complexity index is 838. The molecule has 1 aromatic carbocycles. The van der Waals surface area contributed by atoms with Crippen molar-refractivity contribution in [3.8, 4) is 0 Å². The van der Waals surface area contributed by atoms with Crippen LogP contribution < -0.4 is 9.80 Å². The van der Waals surface area contributed by atoms with E-state index < -0.39 is 0 Å². The second-order valence-electron chi connectivity index (χ2n) is 8.11. The van der Waals surface area contributed by atoms with Crippen molar-refractivity contribution >= 4 is 23.1 Å². The summed E-state index contributed by atoms with van der Waals surface area (Å²) in [5.74, 6) is 0.755. The van der Waals surface area contributed by atoms with Gasteiger partial charge in [0.25, 0.3) is 5.91 Å². The fourth-order valence-electron chi connectivity index (χ4n) is 4.05. The molecule has 0 aliphatic carbocycles. The van der Waals surface area contributed by atoms with Gasteiger partial charge >= 0.3 is 0 Å². The molecule has 1 aliphatic heterocycles. The molecule has 0 fully saturated rings. The molecule has 0 spiro atoms. The molecule has 5 nitrogen and oxygen atoms in total. The van der Waals surface area contributed by atoms with Crippen molar-refractivity contribution in [2.24, 2.45) is 0 Å². The molecule has 0 saturated carbocycles. The van der Waals surface area contributed by atoms with E-state index in [9.17, 15) is 4.79 Å². The van der Waals surface area contributed by atoms with Crippen molar-refractivity contribution in [2.75, 3.05) is 29.9 Å². The van der Waals surface area contributed by atoms with E-state index in [0.29, 0.717) is 17.6 Å². The zero-order valence-corrected chi connectivity index (χ0v) is 17.9. The van der Waals surface area contributed by atoms with Crippen LogP contribution in [0, 0.1) is 6.92 Å². The van der Waals surface area contributed by atoms with Gasteiger partial charge in [0.05, 0.1) is 16.9 Å². The third-order valence-electron chi connectivity index (χ3n) is 5.46. The summed E-state index contributed by atoms with van der Waals surface area (Å²) in [6.45, 7) is 12.8. The van der Waals surface area contributed by atoms with Crippen molar-refractivity contribution in [3.63, 3.8) is 0 Å². The second-order valence-corrected chi connectivity index (χ2v) is 8.11. The summed E-state index contributed by atoms with van der Waals surface area (Å²) in [7, 11) is 1.84. The Morgan fingerprint density at radius 3 is 2.29 bits per heavy atom. The summed E-state index contributed by atoms with van der Waals surface area (Å²) < 4.78 is 0. The Hall–Kier alpha value is -2.40. The van der Waals surface area contributed by atoms with Gasteiger partial charge in [-0.15, -0.1) is 0 Å². The van der Waals surface area contributed by atoms with Crippen molar-refractivity contribution in [2.45, 2.75) is 53.1 Å². The molecule has 0 atom stereocenters. The lowest BCUT2D eigenvalue weighted by molar-refractivity contribution is 0.0994. The maximum Gasteiger partial charge on any atom is 0.261 e. The van der Waals surface area contributed by atoms with Crippen LogP contribution in [0.1, 0.15) is 50.2 Å². The zero-order chi connectivity index (χ0) is 20.4. The number of amides is 1. The molecule has 5 heteroatoms. The number of carbonyl (C=O) groups is 1. The first-order valence-electron chi connectivity index (χ1n) is 10.2. The third-order valence-corrected chi connectivity index (χ3v) is 5.46. The molecular formula is C23H32N4O. The van der Waals surface area contributed by atoms with E-state index in [1.165, 1.54) is 0 Å². The molecule has 1 amide bonds. The lowest BCUT2D eigenvalue weighted by Crippen LogP contribution is -2.38. The Morgan fingerprint density at radius 2 is 1.64 bits per heavy atom. The van der Waals surface area contributed by atoms with Crippen molar-refractivity contribution in [1.29, 1.82) is 0 Å². The summed E-state index contributed by atoms with van der Waals surface area (Å²) in [6.07, 6.45) is 0.998. The number of anilines is 3. The summed E-state index contributed by atoms with van der Waals surface area (Å²) in [4.78, 5) is 24.3. The van der Waals surface area contributed by atoms with Crippen LogP contribution >= 0.6 is 0 Å². The van der Waals surface area contributed by atoms with Crippen molar-refractivity contribution in [1.82, 2.24) is 9.88 Å². The molecule has 0 saturated heterocycles. The van der Waals surface area contributed by atoms with E-state index in [0.717, 1.165) is 42.4 Å². The topological polar surface area (TPSA) is 39.7 Å². The quantitative estimate of drug-likeness (QED) is 0.733. The van der Waals surface area contributed by atoms with E-state index in [4.69, 9.17) is 4.98 Å². The second kappa shape index (κ2) is 8.31. The van der Waals surface area contributed by atoms with E-state index >= 15 is 0 Å². The average Bonchev–Trinajstić information content (AvgIpc) is 2.73. The van der Waals surface area contributed by atoms with Crippen LogP contribution in [-0.4, -0.2) is 48.0 Å². The van der Waals surface area contributed by atoms with Crippen LogP contribution in [0.15, 0.2) is 36.4 Å². The number of benzene rings is 1. The van der Waals surface area contributed by atoms with Gasteiger partial charge in [-0.05, 0) is 65.3 Å². The minimum absolute atomic E-state index is 0.0107. The Balaban J connectivity index is 1.97. The predicted octanol–water partition coefficient (Wildman–Crippen LogP) is 4.63. The van der Waals surface area contributed by atoms with Gasteiger partial charge < -0.3 is 9.80 Å². The van der Waals surface area contributed by atoms with Gasteiger partial charge in [-0.3, -0.25) is 9.69 Å². The molecule has 0 bridgehead atoms. The molecule has 3 rings (SSSR count). The smallest absolute Gasteiger partial charge is 0.261 e. The normalized spacial score (nSPS) is 14.0. The van der Waals surface area contributed by atoms with E-state index in [1.54, 1.807) is 4.90 Å². The van der Waals surface area contributed by atoms with Crippen LogP contribution in [0.5, 0.6) is 0 Å². The number of fused-ring (bicyclic) bond motifs is 2. The minimum atomic E-state index is -0.0107. The fraction of sp³-hybridized carbons (Fsp3) is 0.478. The maximum absolute atomic E-state index is 13.1. The number of aryl methyl sites for hydroxylation is 1. The average molecular weight is 381 g/mol. The zero-order valence-electron chi connectivity index (χ0n) is 17.9. The SMILES string of the molecule is Cc1ccc2c(n1)N(CCCN(C(C)C)C(C)C)c1ccccc1N(C)C2=O. The number of rotatable bonds is 6. The largest absolute Gasteiger partial charge is 0.324 e. The van der Waals surface area contributed by atoms with Gasteiger partial charge in [0.2, 0.25) is 0 Å². The standard InChI is InChI=1S/C23H32N4O/c1-16(2)26(17(3)4)14-9-15-27-21-11-8-7-10-20(21)25(6)23(28)19-13-12-18(5)24-22(19)27/h7-8,10-13,16-17H,9,14-15H2,1-6H3. The first-order valence-corrected chi connectivity index (χ1v) is 10.2. The summed E-state index contributed by atoms with van der Waals surface area (Å²) in [5, 5.41) is 0. The minimum Gasteiger partial charge on any atom is -0.324 e. The summed E-state index contributed by atoms with van der Waals surface area (Å²) in [6, 6.07) is 12.9. The van der Waals surface area contributed by atoms with E-state index in [-0.39, 0.29) is 5.91 Å². The number of pyridine rings is 1. The Labute approximate surface area is 169 Å². The molecule has 2 aromatic rings. The number of carbonyl (C=O) groups excluding carboxylic acids is 1. The lowest BCUT2D eigenvalue weighted by atomic mass is 10.2. The monoisotopic (exact) mass is 380 g/mol. The van der Waals surface area contributed by atoms with Gasteiger partial charge in [-0.1, -0.05) is 12.1 Å². The van der Waals surface area contributed by atoms with Crippen LogP contribution in [0.4, 0.5) is 17.2 Å². The van der Waals surface area contributed by atoms with Crippen molar-refractivity contribution < 1.29 is 4.79 Å². The highest BCUT2D eigenvalue weighted by atomic mass is 16.2. The maximum atomic E-state index is 13.1. The van der Waals surface area contributed by atoms with Gasteiger partial charge in [0.1, 0.15) is 5.82 Å². The van der Waals surface area contributed by atoms with Crippen LogP contribution in [0.3, 0.4) is 0 Å². The fourth-order valence-corrected chi connectivity index (χ4v) is 4.05. The van der Waals surface area contributed by atoms with Gasteiger partial charge in [-0.25, -0.2) is 4.98 Å². The number of nitrogens with zero attached hydrogens (tertiary/aromatic N) is 4. The highest BCUT2D eigenvalue weighted by Gasteiger charge is 2.30. The molecule has 150 valence electrons. The molecule has 1 aliphatic rings. The number of hydrogen-bond acceptors (Lipinski definition) is 4. The first-order chi connectivity index (χ1) is 13.3. The molecule has 1 aromatic heterocycles. The van der Waals surface area contributed by atoms with Crippen LogP contribution in [0.2, 0.25) is 0 Å². The van der Waals surface area contributed by atoms with Crippen LogP contribution in [0.25, 0.3) is 0 Å². The highest BCUT2D eigenvalue weighted by Crippen LogP contribution is 2.39. The lowest BCUT2D eigenvalue weighted by Gasteiger charge is -2.32. The molecule has 0 unspecified atom stereocenters. The van der Waals surface area contributed by atoms with Crippen molar-refractivity contribution in [3.05, 3.63) is 47.7 Å². The molecule has 2 heterocycles. The number of para-hydroxylation sites is 2. The van der Waals surface area contributed by atoms with Crippen LogP contribution in [-0.2, 0) is 0 Å². The molecule has 0 N–H and O–H groups in total. The van der Waals surface area contributed by atoms with E-state index in [1.807, 2.05) is 44.3 Å². The summed E-state index contributed by atoms with van der Waals surface area (Å²) in [5.41, 5.74) is 3.54. The number of aromatic nitrogens is 1. The third kappa shape index (κ3) is 3.90. The molecule has 0 radical (unpaired) electrons. The van der Waals surface area contributed by atoms with E-state index in [2.05, 4.69) is 43.6 Å².